The first kappa shape index (κ1) is 20.4. The van der Waals surface area contributed by atoms with Gasteiger partial charge in [-0.25, -0.2) is 0 Å². The predicted molar refractivity (Wildman–Crippen MR) is 116 cm³/mol. The molecule has 0 unspecified atom stereocenters. The summed E-state index contributed by atoms with van der Waals surface area (Å²) in [6, 6.07) is 1.86. The van der Waals surface area contributed by atoms with Crippen LogP contribution in [0.5, 0.6) is 0 Å². The van der Waals surface area contributed by atoms with Gasteiger partial charge in [-0.05, 0) is 31.7 Å². The molecule has 0 atom stereocenters. The Balaban J connectivity index is 1.46. The first-order chi connectivity index (χ1) is 13.5. The molecular formula is C17H17Cl4N5OS. The van der Waals surface area contributed by atoms with Crippen LogP contribution in [0.15, 0.2) is 11.2 Å². The van der Waals surface area contributed by atoms with Crippen LogP contribution >= 0.6 is 58.2 Å². The Morgan fingerprint density at radius 1 is 1.11 bits per heavy atom. The van der Waals surface area contributed by atoms with Crippen molar-refractivity contribution in [2.24, 2.45) is 0 Å². The molecule has 0 bridgehead atoms. The zero-order valence-corrected chi connectivity index (χ0v) is 18.6. The molecular weight excluding hydrogens is 464 g/mol. The van der Waals surface area contributed by atoms with E-state index in [1.54, 1.807) is 0 Å². The molecule has 150 valence electrons. The van der Waals surface area contributed by atoms with E-state index in [2.05, 4.69) is 25.0 Å². The summed E-state index contributed by atoms with van der Waals surface area (Å²) < 4.78 is 2.17. The van der Waals surface area contributed by atoms with Crippen LogP contribution in [0, 0.1) is 0 Å². The number of thioether (sulfide) groups is 1. The number of hydrogen-bond acceptors (Lipinski definition) is 5. The SMILES string of the molecule is O=C(CSc1nnc(N2CCCC2)n1C1CC1)Nc1c(Cl)c(Cl)cc(Cl)c1Cl. The Labute approximate surface area is 186 Å². The van der Waals surface area contributed by atoms with E-state index >= 15 is 0 Å². The molecule has 4 rings (SSSR count). The highest BCUT2D eigenvalue weighted by Gasteiger charge is 2.32. The number of aromatic nitrogens is 3. The van der Waals surface area contributed by atoms with Crippen molar-refractivity contribution in [1.82, 2.24) is 14.8 Å². The zero-order chi connectivity index (χ0) is 19.8. The van der Waals surface area contributed by atoms with Crippen LogP contribution in [0.3, 0.4) is 0 Å². The lowest BCUT2D eigenvalue weighted by Crippen LogP contribution is -2.22. The van der Waals surface area contributed by atoms with Gasteiger partial charge in [-0.2, -0.15) is 0 Å². The maximum atomic E-state index is 12.5. The fourth-order valence-electron chi connectivity index (χ4n) is 3.14. The Bertz CT molecular complexity index is 885. The molecule has 28 heavy (non-hydrogen) atoms. The van der Waals surface area contributed by atoms with Crippen molar-refractivity contribution < 1.29 is 4.79 Å². The fourth-order valence-corrected chi connectivity index (χ4v) is 4.85. The molecule has 1 aliphatic heterocycles. The van der Waals surface area contributed by atoms with Crippen LogP contribution in [0.2, 0.25) is 20.1 Å². The monoisotopic (exact) mass is 479 g/mol. The van der Waals surface area contributed by atoms with Crippen LogP contribution in [0.4, 0.5) is 11.6 Å². The summed E-state index contributed by atoms with van der Waals surface area (Å²) in [6.07, 6.45) is 4.58. The van der Waals surface area contributed by atoms with Gasteiger partial charge in [-0.1, -0.05) is 58.2 Å². The second-order valence-electron chi connectivity index (χ2n) is 6.76. The number of amides is 1. The molecule has 0 spiro atoms. The molecule has 1 aromatic heterocycles. The highest BCUT2D eigenvalue weighted by molar-refractivity contribution is 7.99. The molecule has 1 saturated carbocycles. The lowest BCUT2D eigenvalue weighted by atomic mass is 10.3. The summed E-state index contributed by atoms with van der Waals surface area (Å²) in [5.74, 6) is 0.776. The van der Waals surface area contributed by atoms with Crippen LogP contribution in [0.1, 0.15) is 31.7 Å². The quantitative estimate of drug-likeness (QED) is 0.433. The molecule has 2 aliphatic rings. The minimum atomic E-state index is -0.278. The van der Waals surface area contributed by atoms with Crippen LogP contribution in [-0.4, -0.2) is 39.5 Å². The Morgan fingerprint density at radius 2 is 1.75 bits per heavy atom. The summed E-state index contributed by atoms with van der Waals surface area (Å²) in [7, 11) is 0. The van der Waals surface area contributed by atoms with Crippen molar-refractivity contribution in [3.63, 3.8) is 0 Å². The number of carbonyl (C=O) groups excluding carboxylic acids is 1. The number of benzene rings is 1. The highest BCUT2D eigenvalue weighted by atomic mass is 35.5. The molecule has 1 aliphatic carbocycles. The number of anilines is 2. The smallest absolute Gasteiger partial charge is 0.234 e. The number of nitrogens with zero attached hydrogens (tertiary/aromatic N) is 4. The molecule has 1 aromatic carbocycles. The van der Waals surface area contributed by atoms with E-state index in [-0.39, 0.29) is 37.4 Å². The zero-order valence-electron chi connectivity index (χ0n) is 14.7. The van der Waals surface area contributed by atoms with Gasteiger partial charge in [0.15, 0.2) is 5.16 Å². The number of halogens is 4. The van der Waals surface area contributed by atoms with Crippen LogP contribution in [0.25, 0.3) is 0 Å². The van der Waals surface area contributed by atoms with E-state index in [0.717, 1.165) is 37.0 Å². The van der Waals surface area contributed by atoms with Crippen molar-refractivity contribution in [1.29, 1.82) is 0 Å². The van der Waals surface area contributed by atoms with Gasteiger partial charge in [0.25, 0.3) is 0 Å². The number of carbonyl (C=O) groups is 1. The standard InChI is InChI=1S/C17H17Cl4N5OS/c18-10-7-11(19)14(21)15(13(10)20)22-12(27)8-28-17-24-23-16(25-5-1-2-6-25)26(17)9-3-4-9/h7,9H,1-6,8H2,(H,22,27). The first-order valence-electron chi connectivity index (χ1n) is 8.91. The van der Waals surface area contributed by atoms with Gasteiger partial charge in [0.1, 0.15) is 0 Å². The number of rotatable bonds is 6. The van der Waals surface area contributed by atoms with Gasteiger partial charge in [-0.3, -0.25) is 9.36 Å². The molecule has 6 nitrogen and oxygen atoms in total. The minimum absolute atomic E-state index is 0.141. The van der Waals surface area contributed by atoms with Crippen molar-refractivity contribution in [3.8, 4) is 0 Å². The summed E-state index contributed by atoms with van der Waals surface area (Å²) in [5.41, 5.74) is 0.216. The molecule has 11 heteroatoms. The third-order valence-corrected chi connectivity index (χ3v) is 7.17. The fraction of sp³-hybridized carbons (Fsp3) is 0.471. The summed E-state index contributed by atoms with van der Waals surface area (Å²) in [6.45, 7) is 2.01. The molecule has 1 saturated heterocycles. The van der Waals surface area contributed by atoms with E-state index in [1.807, 2.05) is 0 Å². The second-order valence-corrected chi connectivity index (χ2v) is 9.27. The molecule has 0 radical (unpaired) electrons. The topological polar surface area (TPSA) is 63.1 Å². The van der Waals surface area contributed by atoms with E-state index in [9.17, 15) is 4.79 Å². The maximum absolute atomic E-state index is 12.5. The summed E-state index contributed by atoms with van der Waals surface area (Å²) in [5, 5.41) is 12.9. The van der Waals surface area contributed by atoms with Crippen LogP contribution < -0.4 is 10.2 Å². The van der Waals surface area contributed by atoms with Crippen molar-refractivity contribution in [2.45, 2.75) is 36.9 Å². The van der Waals surface area contributed by atoms with Crippen molar-refractivity contribution in [3.05, 3.63) is 26.2 Å². The van der Waals surface area contributed by atoms with Crippen molar-refractivity contribution in [2.75, 3.05) is 29.1 Å². The van der Waals surface area contributed by atoms with Gasteiger partial charge in [0.05, 0.1) is 31.5 Å². The van der Waals surface area contributed by atoms with E-state index in [4.69, 9.17) is 46.4 Å². The minimum Gasteiger partial charge on any atom is -0.341 e. The van der Waals surface area contributed by atoms with E-state index < -0.39 is 0 Å². The van der Waals surface area contributed by atoms with E-state index in [0.29, 0.717) is 6.04 Å². The number of nitrogens with one attached hydrogen (secondary N) is 1. The predicted octanol–water partition coefficient (Wildman–Crippen LogP) is 5.56. The third-order valence-electron chi connectivity index (χ3n) is 4.66. The summed E-state index contributed by atoms with van der Waals surface area (Å²) in [4.78, 5) is 14.7. The Kier molecular flexibility index (Phi) is 6.18. The second kappa shape index (κ2) is 8.48. The third kappa shape index (κ3) is 4.19. The molecule has 2 fully saturated rings. The van der Waals surface area contributed by atoms with Gasteiger partial charge in [-0.15, -0.1) is 10.2 Å². The van der Waals surface area contributed by atoms with Crippen LogP contribution in [-0.2, 0) is 4.79 Å². The first-order valence-corrected chi connectivity index (χ1v) is 11.4. The highest BCUT2D eigenvalue weighted by Crippen LogP contribution is 2.42. The van der Waals surface area contributed by atoms with Crippen molar-refractivity contribution >= 4 is 75.7 Å². The van der Waals surface area contributed by atoms with Gasteiger partial charge >= 0.3 is 0 Å². The average molecular weight is 481 g/mol. The van der Waals surface area contributed by atoms with E-state index in [1.165, 1.54) is 30.7 Å². The van der Waals surface area contributed by atoms with Gasteiger partial charge in [0, 0.05) is 19.1 Å². The normalized spacial score (nSPS) is 16.6. The average Bonchev–Trinajstić information content (AvgIpc) is 3.18. The lowest BCUT2D eigenvalue weighted by Gasteiger charge is -2.18. The largest absolute Gasteiger partial charge is 0.341 e. The Hall–Kier alpha value is -0.860. The number of hydrogen-bond donors (Lipinski definition) is 1. The maximum Gasteiger partial charge on any atom is 0.234 e. The van der Waals surface area contributed by atoms with Gasteiger partial charge < -0.3 is 10.2 Å². The molecule has 2 heterocycles. The van der Waals surface area contributed by atoms with Gasteiger partial charge in [0.2, 0.25) is 11.9 Å². The summed E-state index contributed by atoms with van der Waals surface area (Å²) >= 11 is 25.7. The lowest BCUT2D eigenvalue weighted by molar-refractivity contribution is -0.113. The molecule has 1 amide bonds. The molecule has 2 aromatic rings. The molecule has 1 N–H and O–H groups in total. The Morgan fingerprint density at radius 3 is 2.36 bits per heavy atom.